The number of thioether (sulfide) groups is 1. The minimum atomic E-state index is -0.396. The molecule has 8 heteroatoms. The van der Waals surface area contributed by atoms with Gasteiger partial charge in [0.2, 0.25) is 6.41 Å². The van der Waals surface area contributed by atoms with Crippen molar-refractivity contribution in [2.45, 2.75) is 26.3 Å². The van der Waals surface area contributed by atoms with Gasteiger partial charge in [-0.1, -0.05) is 42.5 Å². The van der Waals surface area contributed by atoms with E-state index in [1.807, 2.05) is 36.9 Å². The fourth-order valence-electron chi connectivity index (χ4n) is 3.78. The van der Waals surface area contributed by atoms with Gasteiger partial charge < -0.3 is 0 Å². The molecule has 2 heterocycles. The summed E-state index contributed by atoms with van der Waals surface area (Å²) in [6.45, 7) is 2.01. The smallest absolute Gasteiger partial charge is 0.260 e. The number of allylic oxidation sites excluding steroid dienone is 5. The van der Waals surface area contributed by atoms with Gasteiger partial charge in [-0.3, -0.25) is 14.5 Å². The number of nitrogens with zero attached hydrogens (tertiary/aromatic N) is 4. The molecule has 0 N–H and O–H groups in total. The Morgan fingerprint density at radius 1 is 1.36 bits per heavy atom. The van der Waals surface area contributed by atoms with Gasteiger partial charge in [0, 0.05) is 23.0 Å². The molecule has 6 nitrogen and oxygen atoms in total. The summed E-state index contributed by atoms with van der Waals surface area (Å²) in [5.74, 6) is 1.32. The largest absolute Gasteiger partial charge is 0.278 e. The van der Waals surface area contributed by atoms with E-state index in [-0.39, 0.29) is 18.3 Å². The van der Waals surface area contributed by atoms with Gasteiger partial charge in [0.25, 0.3) is 5.91 Å². The van der Waals surface area contributed by atoms with E-state index in [2.05, 4.69) is 16.4 Å². The van der Waals surface area contributed by atoms with Crippen molar-refractivity contribution in [1.82, 2.24) is 19.9 Å². The van der Waals surface area contributed by atoms with Crippen LogP contribution in [0.3, 0.4) is 0 Å². The van der Waals surface area contributed by atoms with Crippen LogP contribution in [0.5, 0.6) is 0 Å². The van der Waals surface area contributed by atoms with E-state index >= 15 is 0 Å². The molecule has 4 rings (SSSR count). The van der Waals surface area contributed by atoms with Crippen molar-refractivity contribution in [3.05, 3.63) is 83.5 Å². The van der Waals surface area contributed by atoms with Gasteiger partial charge in [-0.2, -0.15) is 11.8 Å². The van der Waals surface area contributed by atoms with E-state index in [0.29, 0.717) is 28.9 Å². The van der Waals surface area contributed by atoms with Crippen molar-refractivity contribution in [3.63, 3.8) is 0 Å². The number of imide groups is 1. The van der Waals surface area contributed by atoms with Crippen LogP contribution in [0, 0.1) is 11.7 Å². The average Bonchev–Trinajstić information content (AvgIpc) is 3.18. The van der Waals surface area contributed by atoms with Crippen LogP contribution < -0.4 is 0 Å². The summed E-state index contributed by atoms with van der Waals surface area (Å²) in [4.78, 5) is 25.6. The molecule has 0 saturated heterocycles. The number of hydrogen-bond donors (Lipinski definition) is 0. The van der Waals surface area contributed by atoms with Crippen molar-refractivity contribution >= 4 is 29.7 Å². The highest BCUT2D eigenvalue weighted by molar-refractivity contribution is 7.99. The molecule has 0 spiro atoms. The van der Waals surface area contributed by atoms with Crippen molar-refractivity contribution in [2.75, 3.05) is 11.5 Å². The van der Waals surface area contributed by atoms with Crippen LogP contribution in [0.4, 0.5) is 4.39 Å². The second-order valence-corrected chi connectivity index (χ2v) is 9.00. The first-order chi connectivity index (χ1) is 16.1. The van der Waals surface area contributed by atoms with E-state index in [9.17, 15) is 14.0 Å². The molecule has 2 amide bonds. The molecule has 1 atom stereocenters. The Bertz CT molecular complexity index is 1160. The second-order valence-electron chi connectivity index (χ2n) is 7.85. The third-order valence-electron chi connectivity index (χ3n) is 5.64. The highest BCUT2D eigenvalue weighted by Gasteiger charge is 2.20. The summed E-state index contributed by atoms with van der Waals surface area (Å²) in [6.07, 6.45) is 15.1. The number of carbonyl (C=O) groups is 2. The van der Waals surface area contributed by atoms with Crippen LogP contribution >= 0.6 is 11.8 Å². The molecule has 0 radical (unpaired) electrons. The van der Waals surface area contributed by atoms with Crippen LogP contribution in [0.2, 0.25) is 0 Å². The van der Waals surface area contributed by atoms with E-state index in [4.69, 9.17) is 0 Å². The Morgan fingerprint density at radius 2 is 2.24 bits per heavy atom. The topological polar surface area (TPSA) is 68.1 Å². The standard InChI is InChI=1S/C25H25FN4O2S/c1-2-18-5-3-4-6-20(13-18)25(32)29(17-31)15-21-16-30(28-27-21)22-7-8-23(24(26)14-22)19-9-11-33-12-10-19/h3-9,13-14,16-18H,2,10-12,15H2,1H3. The highest BCUT2D eigenvalue weighted by atomic mass is 32.2. The van der Waals surface area contributed by atoms with Gasteiger partial charge in [0.15, 0.2) is 0 Å². The van der Waals surface area contributed by atoms with E-state index in [1.165, 1.54) is 10.7 Å². The number of halogens is 1. The Labute approximate surface area is 196 Å². The van der Waals surface area contributed by atoms with Crippen LogP contribution in [0.1, 0.15) is 31.0 Å². The Balaban J connectivity index is 1.49. The normalized spacial score (nSPS) is 17.8. The van der Waals surface area contributed by atoms with Crippen molar-refractivity contribution < 1.29 is 14.0 Å². The maximum atomic E-state index is 14.8. The van der Waals surface area contributed by atoms with Gasteiger partial charge in [-0.15, -0.1) is 5.10 Å². The molecular weight excluding hydrogens is 439 g/mol. The average molecular weight is 465 g/mol. The first-order valence-electron chi connectivity index (χ1n) is 10.9. The molecule has 0 saturated carbocycles. The highest BCUT2D eigenvalue weighted by Crippen LogP contribution is 2.28. The Hall–Kier alpha value is -3.26. The summed E-state index contributed by atoms with van der Waals surface area (Å²) >= 11 is 1.84. The SMILES string of the molecule is CCC1C=CC=CC(C(=O)N(C=O)Cc2cn(-c3ccc(C4=CCSCC4)c(F)c3)nn2)=C1. The molecule has 33 heavy (non-hydrogen) atoms. The fraction of sp³-hybridized carbons (Fsp3) is 0.280. The lowest BCUT2D eigenvalue weighted by Gasteiger charge is -2.15. The van der Waals surface area contributed by atoms with Crippen molar-refractivity contribution in [2.24, 2.45) is 5.92 Å². The molecule has 2 aromatic rings. The van der Waals surface area contributed by atoms with Gasteiger partial charge in [-0.05, 0) is 48.3 Å². The predicted octanol–water partition coefficient (Wildman–Crippen LogP) is 4.49. The zero-order chi connectivity index (χ0) is 23.2. The molecule has 0 bridgehead atoms. The number of carbonyl (C=O) groups excluding carboxylic acids is 2. The molecule has 1 aliphatic heterocycles. The lowest BCUT2D eigenvalue weighted by Crippen LogP contribution is -2.30. The van der Waals surface area contributed by atoms with Gasteiger partial charge in [-0.25, -0.2) is 9.07 Å². The van der Waals surface area contributed by atoms with Crippen molar-refractivity contribution in [1.29, 1.82) is 0 Å². The third kappa shape index (κ3) is 5.39. The Kier molecular flexibility index (Phi) is 7.34. The lowest BCUT2D eigenvalue weighted by atomic mass is 10.0. The van der Waals surface area contributed by atoms with Crippen LogP contribution in [0.15, 0.2) is 66.4 Å². The fourth-order valence-corrected chi connectivity index (χ4v) is 4.63. The molecule has 170 valence electrons. The van der Waals surface area contributed by atoms with Gasteiger partial charge in [0.05, 0.1) is 18.4 Å². The summed E-state index contributed by atoms with van der Waals surface area (Å²) < 4.78 is 16.2. The summed E-state index contributed by atoms with van der Waals surface area (Å²) in [6, 6.07) is 4.98. The summed E-state index contributed by atoms with van der Waals surface area (Å²) in [5, 5.41) is 8.13. The number of rotatable bonds is 7. The zero-order valence-electron chi connectivity index (χ0n) is 18.4. The molecule has 1 unspecified atom stereocenters. The molecule has 1 aromatic carbocycles. The first kappa shape index (κ1) is 22.9. The minimum Gasteiger partial charge on any atom is -0.278 e. The molecule has 1 aromatic heterocycles. The molecule has 1 aliphatic carbocycles. The van der Waals surface area contributed by atoms with Gasteiger partial charge >= 0.3 is 0 Å². The van der Waals surface area contributed by atoms with E-state index < -0.39 is 5.91 Å². The minimum absolute atomic E-state index is 0.0249. The number of aromatic nitrogens is 3. The van der Waals surface area contributed by atoms with E-state index in [1.54, 1.807) is 30.5 Å². The molecule has 2 aliphatic rings. The predicted molar refractivity (Wildman–Crippen MR) is 128 cm³/mol. The number of amides is 2. The van der Waals surface area contributed by atoms with Crippen LogP contribution in [0.25, 0.3) is 11.3 Å². The number of hydrogen-bond acceptors (Lipinski definition) is 5. The first-order valence-corrected chi connectivity index (χ1v) is 12.1. The van der Waals surface area contributed by atoms with E-state index in [0.717, 1.165) is 34.8 Å². The summed E-state index contributed by atoms with van der Waals surface area (Å²) in [5.41, 5.74) is 3.05. The third-order valence-corrected chi connectivity index (χ3v) is 6.54. The maximum absolute atomic E-state index is 14.8. The Morgan fingerprint density at radius 3 is 2.97 bits per heavy atom. The van der Waals surface area contributed by atoms with Crippen LogP contribution in [-0.4, -0.2) is 43.7 Å². The van der Waals surface area contributed by atoms with Crippen LogP contribution in [-0.2, 0) is 16.1 Å². The maximum Gasteiger partial charge on any atom is 0.260 e. The lowest BCUT2D eigenvalue weighted by molar-refractivity contribution is -0.135. The molecule has 0 fully saturated rings. The second kappa shape index (κ2) is 10.6. The van der Waals surface area contributed by atoms with Crippen molar-refractivity contribution in [3.8, 4) is 5.69 Å². The zero-order valence-corrected chi connectivity index (χ0v) is 19.2. The van der Waals surface area contributed by atoms with Gasteiger partial charge in [0.1, 0.15) is 11.5 Å². The molecular formula is C25H25FN4O2S. The number of benzene rings is 1. The quantitative estimate of drug-likeness (QED) is 0.565. The summed E-state index contributed by atoms with van der Waals surface area (Å²) in [7, 11) is 0. The monoisotopic (exact) mass is 464 g/mol.